The van der Waals surface area contributed by atoms with Gasteiger partial charge in [0.1, 0.15) is 0 Å². The van der Waals surface area contributed by atoms with E-state index in [0.717, 1.165) is 15.0 Å². The van der Waals surface area contributed by atoms with Crippen molar-refractivity contribution in [1.29, 1.82) is 0 Å². The van der Waals surface area contributed by atoms with Gasteiger partial charge in [0.2, 0.25) is 10.0 Å². The molecule has 2 N–H and O–H groups in total. The second-order valence-corrected chi connectivity index (χ2v) is 8.68. The Morgan fingerprint density at radius 2 is 2.00 bits per heavy atom. The predicted molar refractivity (Wildman–Crippen MR) is 86.8 cm³/mol. The SMILES string of the molecule is CNS(=O)(=O)c1ccc(C)c(NCc2ccc(Br)s2)c1. The third-order valence-corrected chi connectivity index (χ3v) is 5.91. The first-order valence-electron chi connectivity index (χ1n) is 5.94. The number of sulfonamides is 1. The van der Waals surface area contributed by atoms with E-state index in [-0.39, 0.29) is 4.90 Å². The molecule has 7 heteroatoms. The lowest BCUT2D eigenvalue weighted by atomic mass is 10.2. The van der Waals surface area contributed by atoms with Gasteiger partial charge in [-0.15, -0.1) is 11.3 Å². The van der Waals surface area contributed by atoms with E-state index in [1.807, 2.05) is 19.1 Å². The predicted octanol–water partition coefficient (Wildman–Crippen LogP) is 3.34. The van der Waals surface area contributed by atoms with E-state index in [9.17, 15) is 8.42 Å². The van der Waals surface area contributed by atoms with Crippen LogP contribution in [0.25, 0.3) is 0 Å². The molecule has 0 fully saturated rings. The van der Waals surface area contributed by atoms with E-state index in [0.29, 0.717) is 6.54 Å². The summed E-state index contributed by atoms with van der Waals surface area (Å²) in [5.74, 6) is 0. The standard InChI is InChI=1S/C13H15BrN2O2S2/c1-9-3-5-11(20(17,18)15-2)7-12(9)16-8-10-4-6-13(14)19-10/h3-7,15-16H,8H2,1-2H3. The number of aryl methyl sites for hydroxylation is 1. The molecule has 0 bridgehead atoms. The minimum absolute atomic E-state index is 0.264. The first-order chi connectivity index (χ1) is 9.42. The second-order valence-electron chi connectivity index (χ2n) is 4.24. The number of thiophene rings is 1. The minimum atomic E-state index is -3.41. The van der Waals surface area contributed by atoms with E-state index in [1.54, 1.807) is 29.5 Å². The third kappa shape index (κ3) is 3.60. The molecule has 0 saturated heterocycles. The minimum Gasteiger partial charge on any atom is -0.380 e. The number of benzene rings is 1. The van der Waals surface area contributed by atoms with Gasteiger partial charge in [0, 0.05) is 17.1 Å². The topological polar surface area (TPSA) is 58.2 Å². The summed E-state index contributed by atoms with van der Waals surface area (Å²) >= 11 is 5.07. The average Bonchev–Trinajstić information content (AvgIpc) is 2.83. The normalized spacial score (nSPS) is 11.6. The van der Waals surface area contributed by atoms with Crippen LogP contribution in [0.1, 0.15) is 10.4 Å². The van der Waals surface area contributed by atoms with Crippen LogP contribution in [0.2, 0.25) is 0 Å². The van der Waals surface area contributed by atoms with E-state index in [2.05, 4.69) is 26.0 Å². The molecule has 0 spiro atoms. The zero-order chi connectivity index (χ0) is 14.8. The molecular formula is C13H15BrN2O2S2. The largest absolute Gasteiger partial charge is 0.380 e. The lowest BCUT2D eigenvalue weighted by molar-refractivity contribution is 0.588. The Bertz CT molecular complexity index is 711. The van der Waals surface area contributed by atoms with Crippen molar-refractivity contribution in [3.8, 4) is 0 Å². The molecule has 2 aromatic rings. The van der Waals surface area contributed by atoms with Crippen molar-refractivity contribution >= 4 is 43.0 Å². The molecular weight excluding hydrogens is 360 g/mol. The highest BCUT2D eigenvalue weighted by Gasteiger charge is 2.12. The number of nitrogens with one attached hydrogen (secondary N) is 2. The molecule has 0 aliphatic carbocycles. The van der Waals surface area contributed by atoms with Crippen LogP contribution in [0.3, 0.4) is 0 Å². The fraction of sp³-hybridized carbons (Fsp3) is 0.231. The lowest BCUT2D eigenvalue weighted by Gasteiger charge is -2.11. The number of hydrogen-bond acceptors (Lipinski definition) is 4. The summed E-state index contributed by atoms with van der Waals surface area (Å²) in [5.41, 5.74) is 1.83. The highest BCUT2D eigenvalue weighted by Crippen LogP contribution is 2.25. The molecule has 1 heterocycles. The molecule has 0 amide bonds. The Morgan fingerprint density at radius 1 is 1.25 bits per heavy atom. The maximum atomic E-state index is 11.8. The van der Waals surface area contributed by atoms with Gasteiger partial charge in [-0.25, -0.2) is 13.1 Å². The quantitative estimate of drug-likeness (QED) is 0.843. The van der Waals surface area contributed by atoms with Crippen molar-refractivity contribution in [2.24, 2.45) is 0 Å². The van der Waals surface area contributed by atoms with Crippen LogP contribution >= 0.6 is 27.3 Å². The molecule has 4 nitrogen and oxygen atoms in total. The van der Waals surface area contributed by atoms with Gasteiger partial charge in [0.05, 0.1) is 8.68 Å². The molecule has 0 radical (unpaired) electrons. The van der Waals surface area contributed by atoms with E-state index in [1.165, 1.54) is 11.9 Å². The molecule has 0 unspecified atom stereocenters. The first-order valence-corrected chi connectivity index (χ1v) is 9.04. The summed E-state index contributed by atoms with van der Waals surface area (Å²) in [5, 5.41) is 3.28. The Hall–Kier alpha value is -0.890. The van der Waals surface area contributed by atoms with Crippen molar-refractivity contribution in [3.05, 3.63) is 44.6 Å². The van der Waals surface area contributed by atoms with Crippen molar-refractivity contribution in [3.63, 3.8) is 0 Å². The fourth-order valence-corrected chi connectivity index (χ4v) is 3.88. The lowest BCUT2D eigenvalue weighted by Crippen LogP contribution is -2.18. The average molecular weight is 375 g/mol. The molecule has 108 valence electrons. The van der Waals surface area contributed by atoms with Crippen molar-refractivity contribution in [1.82, 2.24) is 4.72 Å². The first kappa shape index (κ1) is 15.5. The maximum absolute atomic E-state index is 11.8. The summed E-state index contributed by atoms with van der Waals surface area (Å²) in [4.78, 5) is 1.44. The zero-order valence-electron chi connectivity index (χ0n) is 11.1. The summed E-state index contributed by atoms with van der Waals surface area (Å²) in [6.07, 6.45) is 0. The van der Waals surface area contributed by atoms with Crippen LogP contribution in [0.4, 0.5) is 5.69 Å². The molecule has 0 saturated carbocycles. The molecule has 0 atom stereocenters. The van der Waals surface area contributed by atoms with Crippen LogP contribution in [-0.2, 0) is 16.6 Å². The summed E-state index contributed by atoms with van der Waals surface area (Å²) in [6, 6.07) is 9.09. The summed E-state index contributed by atoms with van der Waals surface area (Å²) < 4.78 is 27.0. The number of halogens is 1. The maximum Gasteiger partial charge on any atom is 0.240 e. The van der Waals surface area contributed by atoms with Gasteiger partial charge < -0.3 is 5.32 Å². The molecule has 0 aliphatic heterocycles. The molecule has 1 aromatic carbocycles. The third-order valence-electron chi connectivity index (χ3n) is 2.87. The van der Waals surface area contributed by atoms with Gasteiger partial charge in [-0.1, -0.05) is 6.07 Å². The van der Waals surface area contributed by atoms with E-state index >= 15 is 0 Å². The monoisotopic (exact) mass is 374 g/mol. The fourth-order valence-electron chi connectivity index (χ4n) is 1.71. The Balaban J connectivity index is 2.21. The van der Waals surface area contributed by atoms with Crippen LogP contribution in [0.15, 0.2) is 39.0 Å². The molecule has 20 heavy (non-hydrogen) atoms. The van der Waals surface area contributed by atoms with Gasteiger partial charge in [-0.05, 0) is 59.7 Å². The van der Waals surface area contributed by atoms with Gasteiger partial charge in [-0.3, -0.25) is 0 Å². The van der Waals surface area contributed by atoms with Crippen molar-refractivity contribution < 1.29 is 8.42 Å². The van der Waals surface area contributed by atoms with Crippen LogP contribution in [-0.4, -0.2) is 15.5 Å². The smallest absolute Gasteiger partial charge is 0.240 e. The summed E-state index contributed by atoms with van der Waals surface area (Å²) in [7, 11) is -2.00. The van der Waals surface area contributed by atoms with Crippen LogP contribution in [0.5, 0.6) is 0 Å². The zero-order valence-corrected chi connectivity index (χ0v) is 14.3. The van der Waals surface area contributed by atoms with Gasteiger partial charge in [-0.2, -0.15) is 0 Å². The van der Waals surface area contributed by atoms with Gasteiger partial charge in [0.25, 0.3) is 0 Å². The molecule has 0 aliphatic rings. The van der Waals surface area contributed by atoms with E-state index in [4.69, 9.17) is 0 Å². The number of hydrogen-bond donors (Lipinski definition) is 2. The number of anilines is 1. The second kappa shape index (κ2) is 6.26. The Kier molecular flexibility index (Phi) is 4.85. The summed E-state index contributed by atoms with van der Waals surface area (Å²) in [6.45, 7) is 2.61. The van der Waals surface area contributed by atoms with Crippen molar-refractivity contribution in [2.75, 3.05) is 12.4 Å². The highest BCUT2D eigenvalue weighted by atomic mass is 79.9. The van der Waals surface area contributed by atoms with Crippen molar-refractivity contribution in [2.45, 2.75) is 18.4 Å². The van der Waals surface area contributed by atoms with Crippen LogP contribution < -0.4 is 10.0 Å². The van der Waals surface area contributed by atoms with Gasteiger partial charge in [0.15, 0.2) is 0 Å². The van der Waals surface area contributed by atoms with E-state index < -0.39 is 10.0 Å². The highest BCUT2D eigenvalue weighted by molar-refractivity contribution is 9.11. The van der Waals surface area contributed by atoms with Crippen LogP contribution in [0, 0.1) is 6.92 Å². The Labute approximate surface area is 131 Å². The Morgan fingerprint density at radius 3 is 2.60 bits per heavy atom. The molecule has 2 rings (SSSR count). The van der Waals surface area contributed by atoms with Gasteiger partial charge >= 0.3 is 0 Å². The number of rotatable bonds is 5. The molecule has 1 aromatic heterocycles.